The third kappa shape index (κ3) is 3.27. The number of halogens is 1. The van der Waals surface area contributed by atoms with Crippen molar-refractivity contribution in [3.8, 4) is 0 Å². The second kappa shape index (κ2) is 6.89. The quantitative estimate of drug-likeness (QED) is 0.385. The average molecular weight is 390 g/mol. The minimum atomic E-state index is 0.347. The van der Waals surface area contributed by atoms with Crippen LogP contribution in [0.1, 0.15) is 22.6 Å². The van der Waals surface area contributed by atoms with E-state index in [1.54, 1.807) is 0 Å². The summed E-state index contributed by atoms with van der Waals surface area (Å²) in [6.07, 6.45) is 3.27. The highest BCUT2D eigenvalue weighted by molar-refractivity contribution is 9.10. The van der Waals surface area contributed by atoms with E-state index in [9.17, 15) is 0 Å². The van der Waals surface area contributed by atoms with Gasteiger partial charge in [0.25, 0.3) is 0 Å². The van der Waals surface area contributed by atoms with Gasteiger partial charge in [-0.15, -0.1) is 0 Å². The summed E-state index contributed by atoms with van der Waals surface area (Å²) < 4.78 is 3.35. The van der Waals surface area contributed by atoms with Gasteiger partial charge in [0.05, 0.1) is 0 Å². The number of hydrogen-bond acceptors (Lipinski definition) is 0. The maximum absolute atomic E-state index is 3.55. The van der Waals surface area contributed by atoms with E-state index in [-0.39, 0.29) is 0 Å². The zero-order chi connectivity index (χ0) is 17.2. The fourth-order valence-electron chi connectivity index (χ4n) is 3.62. The molecule has 2 heteroatoms. The molecule has 4 rings (SSSR count). The molecule has 25 heavy (non-hydrogen) atoms. The van der Waals surface area contributed by atoms with Gasteiger partial charge in [0, 0.05) is 34.5 Å². The molecule has 0 bridgehead atoms. The maximum Gasteiger partial charge on any atom is 0.0480 e. The van der Waals surface area contributed by atoms with E-state index in [2.05, 4.69) is 113 Å². The second-order valence-corrected chi connectivity index (χ2v) is 7.42. The summed E-state index contributed by atoms with van der Waals surface area (Å²) in [6.45, 7) is 0. The monoisotopic (exact) mass is 389 g/mol. The lowest BCUT2D eigenvalue weighted by Crippen LogP contribution is -2.05. The summed E-state index contributed by atoms with van der Waals surface area (Å²) in [5.41, 5.74) is 5.40. The number of aromatic nitrogens is 1. The third-order valence-electron chi connectivity index (χ3n) is 4.88. The lowest BCUT2D eigenvalue weighted by Gasteiger charge is -2.18. The lowest BCUT2D eigenvalue weighted by molar-refractivity contribution is 0.803. The van der Waals surface area contributed by atoms with Crippen LogP contribution in [0.5, 0.6) is 0 Å². The van der Waals surface area contributed by atoms with Crippen LogP contribution >= 0.6 is 15.9 Å². The largest absolute Gasteiger partial charge is 0.350 e. The molecule has 0 saturated heterocycles. The Bertz CT molecular complexity index is 984. The van der Waals surface area contributed by atoms with Gasteiger partial charge in [0.1, 0.15) is 0 Å². The van der Waals surface area contributed by atoms with Crippen LogP contribution in [0.4, 0.5) is 0 Å². The molecule has 0 saturated carbocycles. The number of benzene rings is 3. The van der Waals surface area contributed by atoms with Crippen LogP contribution in [0.2, 0.25) is 0 Å². The first-order valence-corrected chi connectivity index (χ1v) is 9.35. The lowest BCUT2D eigenvalue weighted by atomic mass is 9.86. The molecule has 0 aliphatic carbocycles. The Morgan fingerprint density at radius 2 is 1.44 bits per heavy atom. The zero-order valence-electron chi connectivity index (χ0n) is 14.2. The number of aryl methyl sites for hydroxylation is 1. The zero-order valence-corrected chi connectivity index (χ0v) is 15.8. The summed E-state index contributed by atoms with van der Waals surface area (Å²) in [5, 5.41) is 1.35. The molecule has 0 radical (unpaired) electrons. The normalized spacial score (nSPS) is 12.4. The molecule has 0 fully saturated rings. The Labute approximate surface area is 157 Å². The molecule has 124 valence electrons. The number of fused-ring (bicyclic) bond motifs is 1. The van der Waals surface area contributed by atoms with E-state index < -0.39 is 0 Å². The first kappa shape index (κ1) is 16.2. The summed E-state index contributed by atoms with van der Waals surface area (Å²) in [4.78, 5) is 0. The van der Waals surface area contributed by atoms with Crippen molar-refractivity contribution in [1.29, 1.82) is 0 Å². The predicted octanol–water partition coefficient (Wildman–Crippen LogP) is 6.32. The molecule has 0 aliphatic rings. The summed E-state index contributed by atoms with van der Waals surface area (Å²) >= 11 is 3.55. The first-order chi connectivity index (χ1) is 12.2. The fraction of sp³-hybridized carbons (Fsp3) is 0.130. The Morgan fingerprint density at radius 1 is 0.800 bits per heavy atom. The molecule has 0 N–H and O–H groups in total. The van der Waals surface area contributed by atoms with Crippen molar-refractivity contribution in [2.75, 3.05) is 0 Å². The summed E-state index contributed by atoms with van der Waals surface area (Å²) in [6, 6.07) is 28.2. The van der Waals surface area contributed by atoms with E-state index >= 15 is 0 Å². The van der Waals surface area contributed by atoms with Crippen molar-refractivity contribution >= 4 is 26.8 Å². The van der Waals surface area contributed by atoms with Crippen molar-refractivity contribution in [3.63, 3.8) is 0 Å². The molecule has 3 aromatic carbocycles. The molecule has 0 amide bonds. The van der Waals surface area contributed by atoms with Gasteiger partial charge in [-0.2, -0.15) is 0 Å². The highest BCUT2D eigenvalue weighted by Gasteiger charge is 2.17. The van der Waals surface area contributed by atoms with Crippen LogP contribution in [0.25, 0.3) is 10.9 Å². The van der Waals surface area contributed by atoms with E-state index in [0.29, 0.717) is 5.92 Å². The summed E-state index contributed by atoms with van der Waals surface area (Å²) in [7, 11) is 2.13. The molecule has 1 aromatic heterocycles. The topological polar surface area (TPSA) is 4.93 Å². The van der Waals surface area contributed by atoms with Gasteiger partial charge in [-0.05, 0) is 41.3 Å². The van der Waals surface area contributed by atoms with Crippen LogP contribution in [-0.2, 0) is 13.5 Å². The SMILES string of the molecule is Cn1cc(CC(c2ccccc2)c2ccc(Br)cc2)c2ccccc21. The molecule has 0 spiro atoms. The Hall–Kier alpha value is -2.32. The number of para-hydroxylation sites is 1. The first-order valence-electron chi connectivity index (χ1n) is 8.56. The van der Waals surface area contributed by atoms with Gasteiger partial charge in [0.15, 0.2) is 0 Å². The molecule has 1 unspecified atom stereocenters. The van der Waals surface area contributed by atoms with Crippen LogP contribution in [-0.4, -0.2) is 4.57 Å². The van der Waals surface area contributed by atoms with Crippen LogP contribution < -0.4 is 0 Å². The predicted molar refractivity (Wildman–Crippen MR) is 109 cm³/mol. The Morgan fingerprint density at radius 3 is 2.20 bits per heavy atom. The van der Waals surface area contributed by atoms with Crippen molar-refractivity contribution < 1.29 is 0 Å². The minimum Gasteiger partial charge on any atom is -0.350 e. The third-order valence-corrected chi connectivity index (χ3v) is 5.41. The van der Waals surface area contributed by atoms with Crippen molar-refractivity contribution in [3.05, 3.63) is 106 Å². The average Bonchev–Trinajstić information content (AvgIpc) is 2.97. The van der Waals surface area contributed by atoms with Gasteiger partial charge in [-0.25, -0.2) is 0 Å². The Kier molecular flexibility index (Phi) is 4.46. The van der Waals surface area contributed by atoms with Crippen molar-refractivity contribution in [2.45, 2.75) is 12.3 Å². The smallest absolute Gasteiger partial charge is 0.0480 e. The number of hydrogen-bond donors (Lipinski definition) is 0. The second-order valence-electron chi connectivity index (χ2n) is 6.50. The molecule has 1 nitrogen and oxygen atoms in total. The van der Waals surface area contributed by atoms with Crippen molar-refractivity contribution in [1.82, 2.24) is 4.57 Å². The van der Waals surface area contributed by atoms with E-state index in [1.165, 1.54) is 27.6 Å². The van der Waals surface area contributed by atoms with Gasteiger partial charge < -0.3 is 4.57 Å². The van der Waals surface area contributed by atoms with E-state index in [1.807, 2.05) is 0 Å². The molecule has 1 atom stereocenters. The molecule has 4 aromatic rings. The standard InChI is InChI=1S/C23H20BrN/c1-25-16-19(21-9-5-6-10-23(21)25)15-22(17-7-3-2-4-8-17)18-11-13-20(24)14-12-18/h2-14,16,22H,15H2,1H3. The minimum absolute atomic E-state index is 0.347. The fourth-order valence-corrected chi connectivity index (χ4v) is 3.88. The molecular weight excluding hydrogens is 370 g/mol. The maximum atomic E-state index is 3.55. The van der Waals surface area contributed by atoms with Gasteiger partial charge in [0.2, 0.25) is 0 Å². The highest BCUT2D eigenvalue weighted by atomic mass is 79.9. The van der Waals surface area contributed by atoms with Crippen LogP contribution in [0.15, 0.2) is 89.5 Å². The number of nitrogens with zero attached hydrogens (tertiary/aromatic N) is 1. The van der Waals surface area contributed by atoms with Crippen molar-refractivity contribution in [2.24, 2.45) is 7.05 Å². The van der Waals surface area contributed by atoms with Crippen LogP contribution in [0.3, 0.4) is 0 Å². The highest BCUT2D eigenvalue weighted by Crippen LogP contribution is 2.32. The van der Waals surface area contributed by atoms with Gasteiger partial charge in [-0.3, -0.25) is 0 Å². The van der Waals surface area contributed by atoms with E-state index in [0.717, 1.165) is 10.9 Å². The molecule has 1 heterocycles. The van der Waals surface area contributed by atoms with Gasteiger partial charge >= 0.3 is 0 Å². The molecular formula is C23H20BrN. The van der Waals surface area contributed by atoms with E-state index in [4.69, 9.17) is 0 Å². The Balaban J connectivity index is 1.79. The molecule has 0 aliphatic heterocycles. The van der Waals surface area contributed by atoms with Crippen LogP contribution in [0, 0.1) is 0 Å². The summed E-state index contributed by atoms with van der Waals surface area (Å²) in [5.74, 6) is 0.347. The number of rotatable bonds is 4. The van der Waals surface area contributed by atoms with Gasteiger partial charge in [-0.1, -0.05) is 76.6 Å².